The highest BCUT2D eigenvalue weighted by Crippen LogP contribution is 2.54. The molecule has 3 heterocycles. The number of amides is 4. The molecule has 0 aromatic heterocycles. The molecule has 3 saturated heterocycles. The van der Waals surface area contributed by atoms with Crippen molar-refractivity contribution >= 4 is 23.6 Å². The third-order valence-electron chi connectivity index (χ3n) is 8.32. The third kappa shape index (κ3) is 3.49. The van der Waals surface area contributed by atoms with Gasteiger partial charge in [-0.25, -0.2) is 0 Å². The molecule has 2 bridgehead atoms. The van der Waals surface area contributed by atoms with E-state index in [0.717, 1.165) is 11.1 Å². The van der Waals surface area contributed by atoms with Crippen LogP contribution >= 0.6 is 0 Å². The molecule has 0 N–H and O–H groups in total. The molecule has 3 unspecified atom stereocenters. The molecule has 4 atom stereocenters. The highest BCUT2D eigenvalue weighted by atomic mass is 16.2. The molecule has 192 valence electrons. The molecule has 7 nitrogen and oxygen atoms in total. The summed E-state index contributed by atoms with van der Waals surface area (Å²) in [6, 6.07) is 27.1. The van der Waals surface area contributed by atoms with Gasteiger partial charge >= 0.3 is 0 Å². The van der Waals surface area contributed by atoms with Crippen LogP contribution in [0.4, 0.5) is 0 Å². The van der Waals surface area contributed by atoms with Crippen LogP contribution < -0.4 is 0 Å². The number of nitrogens with zero attached hydrogens (tertiary/aromatic N) is 3. The van der Waals surface area contributed by atoms with Crippen molar-refractivity contribution in [3.8, 4) is 0 Å². The van der Waals surface area contributed by atoms with Crippen molar-refractivity contribution in [2.45, 2.75) is 31.5 Å². The van der Waals surface area contributed by atoms with E-state index >= 15 is 0 Å². The summed E-state index contributed by atoms with van der Waals surface area (Å²) < 4.78 is 0. The number of carbonyl (C=O) groups excluding carboxylic acids is 4. The van der Waals surface area contributed by atoms with Gasteiger partial charge in [-0.2, -0.15) is 0 Å². The van der Waals surface area contributed by atoms with E-state index in [1.54, 1.807) is 34.1 Å². The van der Waals surface area contributed by atoms with E-state index in [1.165, 1.54) is 4.90 Å². The van der Waals surface area contributed by atoms with E-state index in [0.29, 0.717) is 12.1 Å². The van der Waals surface area contributed by atoms with Crippen LogP contribution in [0.2, 0.25) is 0 Å². The van der Waals surface area contributed by atoms with Gasteiger partial charge < -0.3 is 9.80 Å². The molecule has 38 heavy (non-hydrogen) atoms. The summed E-state index contributed by atoms with van der Waals surface area (Å²) in [7, 11) is 0. The summed E-state index contributed by atoms with van der Waals surface area (Å²) in [5.41, 5.74) is 0.630. The average molecular weight is 508 g/mol. The number of hydrogen-bond acceptors (Lipinski definition) is 4. The molecule has 3 aromatic carbocycles. The van der Waals surface area contributed by atoms with E-state index in [9.17, 15) is 19.2 Å². The number of imide groups is 1. The van der Waals surface area contributed by atoms with E-state index in [4.69, 9.17) is 0 Å². The van der Waals surface area contributed by atoms with E-state index in [1.807, 2.05) is 73.7 Å². The number of carbonyl (C=O) groups is 4. The quantitative estimate of drug-likeness (QED) is 0.481. The highest BCUT2D eigenvalue weighted by molar-refractivity contribution is 6.13. The Morgan fingerprint density at radius 1 is 0.816 bits per heavy atom. The SMILES string of the molecule is CCN1CC2C3C(=O)N(Cc4ccccc4)C(=O)C3[C@](Cc3ccccc3)(C1=O)N2C(=O)c1ccccc1. The monoisotopic (exact) mass is 507 g/mol. The number of fused-ring (bicyclic) bond motifs is 5. The first-order valence-electron chi connectivity index (χ1n) is 13.1. The predicted octanol–water partition coefficient (Wildman–Crippen LogP) is 3.16. The van der Waals surface area contributed by atoms with Crippen molar-refractivity contribution in [3.05, 3.63) is 108 Å². The van der Waals surface area contributed by atoms with Gasteiger partial charge in [0.15, 0.2) is 0 Å². The molecule has 0 aliphatic carbocycles. The standard InChI is InChI=1S/C31H29N3O4/c1-2-32-20-24-25-26(29(37)33(28(25)36)19-22-14-8-4-9-15-22)31(30(32)38,18-21-12-6-3-7-13-21)34(24)27(35)23-16-10-5-11-17-23/h3-17,24-26H,2,18-20H2,1H3/t24?,25?,26?,31-/m1/s1. The maximum Gasteiger partial charge on any atom is 0.255 e. The Hall–Kier alpha value is -4.26. The van der Waals surface area contributed by atoms with Crippen molar-refractivity contribution in [2.75, 3.05) is 13.1 Å². The highest BCUT2D eigenvalue weighted by Gasteiger charge is 2.75. The van der Waals surface area contributed by atoms with Crippen LogP contribution in [-0.4, -0.2) is 63.0 Å². The van der Waals surface area contributed by atoms with Crippen molar-refractivity contribution in [3.63, 3.8) is 0 Å². The molecule has 3 fully saturated rings. The van der Waals surface area contributed by atoms with Crippen molar-refractivity contribution in [1.29, 1.82) is 0 Å². The van der Waals surface area contributed by atoms with E-state index in [2.05, 4.69) is 0 Å². The van der Waals surface area contributed by atoms with Gasteiger partial charge in [0.2, 0.25) is 17.7 Å². The third-order valence-corrected chi connectivity index (χ3v) is 8.32. The first-order valence-corrected chi connectivity index (χ1v) is 13.1. The second kappa shape index (κ2) is 9.24. The summed E-state index contributed by atoms with van der Waals surface area (Å²) in [5, 5.41) is 0. The molecular formula is C31H29N3O4. The first-order chi connectivity index (χ1) is 18.5. The van der Waals surface area contributed by atoms with Gasteiger partial charge in [-0.3, -0.25) is 24.1 Å². The number of hydrogen-bond donors (Lipinski definition) is 0. The molecule has 0 saturated carbocycles. The first kappa shape index (κ1) is 24.1. The molecular weight excluding hydrogens is 478 g/mol. The summed E-state index contributed by atoms with van der Waals surface area (Å²) in [4.78, 5) is 61.3. The Bertz CT molecular complexity index is 1390. The van der Waals surface area contributed by atoms with Crippen LogP contribution in [-0.2, 0) is 27.3 Å². The maximum absolute atomic E-state index is 14.4. The average Bonchev–Trinajstić information content (AvgIpc) is 3.33. The summed E-state index contributed by atoms with van der Waals surface area (Å²) in [6.07, 6.45) is 0.164. The van der Waals surface area contributed by atoms with Gasteiger partial charge in [0.05, 0.1) is 24.4 Å². The van der Waals surface area contributed by atoms with Gasteiger partial charge in [0.1, 0.15) is 5.54 Å². The fourth-order valence-corrected chi connectivity index (χ4v) is 6.68. The van der Waals surface area contributed by atoms with E-state index < -0.39 is 23.4 Å². The molecule has 3 aliphatic heterocycles. The molecule has 3 aliphatic rings. The predicted molar refractivity (Wildman–Crippen MR) is 141 cm³/mol. The summed E-state index contributed by atoms with van der Waals surface area (Å²) in [6.45, 7) is 2.71. The van der Waals surface area contributed by atoms with Crippen LogP contribution in [0, 0.1) is 11.8 Å². The molecule has 0 spiro atoms. The maximum atomic E-state index is 14.4. The number of piperazine rings is 1. The Morgan fingerprint density at radius 3 is 2.00 bits per heavy atom. The summed E-state index contributed by atoms with van der Waals surface area (Å²) in [5.74, 6) is -2.98. The number of rotatable bonds is 6. The van der Waals surface area contributed by atoms with Crippen LogP contribution in [0.25, 0.3) is 0 Å². The van der Waals surface area contributed by atoms with E-state index in [-0.39, 0.29) is 43.1 Å². The number of likely N-dealkylation sites (tertiary alicyclic amines) is 2. The van der Waals surface area contributed by atoms with Gasteiger partial charge in [0.25, 0.3) is 5.91 Å². The minimum Gasteiger partial charge on any atom is -0.339 e. The smallest absolute Gasteiger partial charge is 0.255 e. The Morgan fingerprint density at radius 2 is 1.39 bits per heavy atom. The second-order valence-electron chi connectivity index (χ2n) is 10.3. The molecule has 4 amide bonds. The lowest BCUT2D eigenvalue weighted by molar-refractivity contribution is -0.156. The number of likely N-dealkylation sites (N-methyl/N-ethyl adjacent to an activating group) is 1. The molecule has 3 aromatic rings. The van der Waals surface area contributed by atoms with Gasteiger partial charge in [-0.1, -0.05) is 78.9 Å². The topological polar surface area (TPSA) is 78.0 Å². The van der Waals surface area contributed by atoms with Crippen LogP contribution in [0.15, 0.2) is 91.0 Å². The fourth-order valence-electron chi connectivity index (χ4n) is 6.68. The van der Waals surface area contributed by atoms with Gasteiger partial charge in [-0.15, -0.1) is 0 Å². The van der Waals surface area contributed by atoms with Crippen molar-refractivity contribution in [2.24, 2.45) is 11.8 Å². The van der Waals surface area contributed by atoms with Crippen molar-refractivity contribution in [1.82, 2.24) is 14.7 Å². The summed E-state index contributed by atoms with van der Waals surface area (Å²) >= 11 is 0. The lowest BCUT2D eigenvalue weighted by atomic mass is 9.75. The number of benzene rings is 3. The Labute approximate surface area is 221 Å². The normalized spacial score (nSPS) is 26.2. The van der Waals surface area contributed by atoms with Crippen LogP contribution in [0.5, 0.6) is 0 Å². The van der Waals surface area contributed by atoms with Crippen LogP contribution in [0.3, 0.4) is 0 Å². The minimum atomic E-state index is -1.49. The Balaban J connectivity index is 1.51. The molecule has 7 heteroatoms. The Kier molecular flexibility index (Phi) is 5.86. The van der Waals surface area contributed by atoms with Gasteiger partial charge in [0, 0.05) is 25.1 Å². The minimum absolute atomic E-state index is 0.151. The zero-order valence-electron chi connectivity index (χ0n) is 21.2. The largest absolute Gasteiger partial charge is 0.339 e. The van der Waals surface area contributed by atoms with Crippen molar-refractivity contribution < 1.29 is 19.2 Å². The fraction of sp³-hybridized carbons (Fsp3) is 0.290. The lowest BCUT2D eigenvalue weighted by Gasteiger charge is -2.49. The second-order valence-corrected chi connectivity index (χ2v) is 10.3. The van der Waals surface area contributed by atoms with Crippen LogP contribution in [0.1, 0.15) is 28.4 Å². The zero-order chi connectivity index (χ0) is 26.4. The lowest BCUT2D eigenvalue weighted by Crippen LogP contribution is -2.70. The molecule has 0 radical (unpaired) electrons. The zero-order valence-corrected chi connectivity index (χ0v) is 21.2. The molecule has 6 rings (SSSR count). The van der Waals surface area contributed by atoms with Gasteiger partial charge in [-0.05, 0) is 30.2 Å².